The van der Waals surface area contributed by atoms with Gasteiger partial charge in [0.15, 0.2) is 5.13 Å². The highest BCUT2D eigenvalue weighted by Gasteiger charge is 2.04. The number of nitrogens with one attached hydrogen (secondary N) is 1. The molecule has 3 aromatic rings. The zero-order valence-corrected chi connectivity index (χ0v) is 14.5. The SMILES string of the molecule is CC(C)c1ccc(CNc2nc3cc(Br)ccc3s2)cc1. The van der Waals surface area contributed by atoms with Crippen LogP contribution in [-0.4, -0.2) is 4.98 Å². The molecule has 0 atom stereocenters. The number of anilines is 1. The molecule has 0 unspecified atom stereocenters. The summed E-state index contributed by atoms with van der Waals surface area (Å²) >= 11 is 5.17. The number of hydrogen-bond acceptors (Lipinski definition) is 3. The van der Waals surface area contributed by atoms with Crippen LogP contribution in [0.25, 0.3) is 10.2 Å². The van der Waals surface area contributed by atoms with Crippen molar-refractivity contribution in [2.75, 3.05) is 5.32 Å². The van der Waals surface area contributed by atoms with Crippen molar-refractivity contribution in [1.82, 2.24) is 4.98 Å². The Hall–Kier alpha value is -1.39. The number of aromatic nitrogens is 1. The first-order valence-electron chi connectivity index (χ1n) is 7.00. The molecule has 4 heteroatoms. The summed E-state index contributed by atoms with van der Waals surface area (Å²) in [7, 11) is 0. The maximum Gasteiger partial charge on any atom is 0.184 e. The lowest BCUT2D eigenvalue weighted by Crippen LogP contribution is -1.99. The van der Waals surface area contributed by atoms with E-state index in [1.165, 1.54) is 15.8 Å². The van der Waals surface area contributed by atoms with Gasteiger partial charge in [-0.25, -0.2) is 4.98 Å². The van der Waals surface area contributed by atoms with Gasteiger partial charge < -0.3 is 5.32 Å². The molecule has 0 fully saturated rings. The molecule has 0 saturated heterocycles. The van der Waals surface area contributed by atoms with Gasteiger partial charge in [0.2, 0.25) is 0 Å². The Balaban J connectivity index is 1.71. The third kappa shape index (κ3) is 3.44. The molecule has 0 aliphatic heterocycles. The molecule has 0 amide bonds. The third-order valence-corrected chi connectivity index (χ3v) is 4.93. The van der Waals surface area contributed by atoms with Gasteiger partial charge in [0.1, 0.15) is 0 Å². The second-order valence-corrected chi connectivity index (χ2v) is 7.33. The summed E-state index contributed by atoms with van der Waals surface area (Å²) < 4.78 is 2.27. The maximum absolute atomic E-state index is 4.61. The normalized spacial score (nSPS) is 11.2. The number of nitrogens with zero attached hydrogens (tertiary/aromatic N) is 1. The van der Waals surface area contributed by atoms with E-state index in [-0.39, 0.29) is 0 Å². The Kier molecular flexibility index (Phi) is 4.27. The van der Waals surface area contributed by atoms with Crippen molar-refractivity contribution in [3.8, 4) is 0 Å². The number of benzene rings is 2. The quantitative estimate of drug-likeness (QED) is 0.636. The molecule has 0 radical (unpaired) electrons. The van der Waals surface area contributed by atoms with E-state index in [0.717, 1.165) is 21.7 Å². The van der Waals surface area contributed by atoms with Crippen LogP contribution in [-0.2, 0) is 6.54 Å². The Morgan fingerprint density at radius 3 is 2.62 bits per heavy atom. The lowest BCUT2D eigenvalue weighted by molar-refractivity contribution is 0.865. The van der Waals surface area contributed by atoms with Crippen LogP contribution in [0.15, 0.2) is 46.9 Å². The minimum absolute atomic E-state index is 0.578. The number of fused-ring (bicyclic) bond motifs is 1. The van der Waals surface area contributed by atoms with Crippen molar-refractivity contribution < 1.29 is 0 Å². The average molecular weight is 361 g/mol. The van der Waals surface area contributed by atoms with Crippen LogP contribution in [0.3, 0.4) is 0 Å². The average Bonchev–Trinajstić information content (AvgIpc) is 2.87. The summed E-state index contributed by atoms with van der Waals surface area (Å²) in [6.45, 7) is 5.23. The summed E-state index contributed by atoms with van der Waals surface area (Å²) in [6.07, 6.45) is 0. The first kappa shape index (κ1) is 14.5. The monoisotopic (exact) mass is 360 g/mol. The smallest absolute Gasteiger partial charge is 0.184 e. The van der Waals surface area contributed by atoms with Crippen LogP contribution in [0.2, 0.25) is 0 Å². The Morgan fingerprint density at radius 2 is 1.90 bits per heavy atom. The predicted molar refractivity (Wildman–Crippen MR) is 95.2 cm³/mol. The molecule has 1 N–H and O–H groups in total. The number of rotatable bonds is 4. The Labute approximate surface area is 137 Å². The summed E-state index contributed by atoms with van der Waals surface area (Å²) in [5.74, 6) is 0.578. The maximum atomic E-state index is 4.61. The summed E-state index contributed by atoms with van der Waals surface area (Å²) in [5.41, 5.74) is 3.69. The van der Waals surface area contributed by atoms with Gasteiger partial charge in [-0.1, -0.05) is 65.4 Å². The minimum Gasteiger partial charge on any atom is -0.357 e. The van der Waals surface area contributed by atoms with E-state index >= 15 is 0 Å². The van der Waals surface area contributed by atoms with Gasteiger partial charge in [0.25, 0.3) is 0 Å². The van der Waals surface area contributed by atoms with Crippen LogP contribution in [0.5, 0.6) is 0 Å². The van der Waals surface area contributed by atoms with Gasteiger partial charge in [0.05, 0.1) is 10.2 Å². The first-order valence-corrected chi connectivity index (χ1v) is 8.61. The van der Waals surface area contributed by atoms with E-state index in [4.69, 9.17) is 0 Å². The number of hydrogen-bond donors (Lipinski definition) is 1. The fourth-order valence-corrected chi connectivity index (χ4v) is 3.37. The number of thiazole rings is 1. The molecule has 0 saturated carbocycles. The second kappa shape index (κ2) is 6.16. The van der Waals surface area contributed by atoms with Crippen molar-refractivity contribution in [3.05, 3.63) is 58.1 Å². The van der Waals surface area contributed by atoms with Gasteiger partial charge >= 0.3 is 0 Å². The Bertz CT molecular complexity index is 747. The van der Waals surface area contributed by atoms with E-state index in [0.29, 0.717) is 5.92 Å². The molecule has 0 bridgehead atoms. The molecular weight excluding hydrogens is 344 g/mol. The molecule has 1 heterocycles. The molecule has 2 aromatic carbocycles. The van der Waals surface area contributed by atoms with Gasteiger partial charge in [-0.2, -0.15) is 0 Å². The zero-order chi connectivity index (χ0) is 14.8. The highest BCUT2D eigenvalue weighted by molar-refractivity contribution is 9.10. The topological polar surface area (TPSA) is 24.9 Å². The lowest BCUT2D eigenvalue weighted by atomic mass is 10.0. The van der Waals surface area contributed by atoms with Crippen LogP contribution in [0, 0.1) is 0 Å². The predicted octanol–water partition coefficient (Wildman–Crippen LogP) is 5.79. The molecule has 2 nitrogen and oxygen atoms in total. The van der Waals surface area contributed by atoms with Crippen LogP contribution in [0.1, 0.15) is 30.9 Å². The van der Waals surface area contributed by atoms with Crippen LogP contribution >= 0.6 is 27.3 Å². The second-order valence-electron chi connectivity index (χ2n) is 5.38. The van der Waals surface area contributed by atoms with Crippen molar-refractivity contribution in [2.24, 2.45) is 0 Å². The van der Waals surface area contributed by atoms with Gasteiger partial charge in [-0.05, 0) is 35.2 Å². The van der Waals surface area contributed by atoms with Crippen molar-refractivity contribution in [2.45, 2.75) is 26.3 Å². The van der Waals surface area contributed by atoms with Gasteiger partial charge in [0, 0.05) is 11.0 Å². The zero-order valence-electron chi connectivity index (χ0n) is 12.1. The lowest BCUT2D eigenvalue weighted by Gasteiger charge is -2.07. The largest absolute Gasteiger partial charge is 0.357 e. The van der Waals surface area contributed by atoms with E-state index in [9.17, 15) is 0 Å². The molecule has 0 aliphatic carbocycles. The highest BCUT2D eigenvalue weighted by Crippen LogP contribution is 2.28. The van der Waals surface area contributed by atoms with Crippen molar-refractivity contribution >= 4 is 42.6 Å². The van der Waals surface area contributed by atoms with Gasteiger partial charge in [-0.3, -0.25) is 0 Å². The first-order chi connectivity index (χ1) is 10.1. The van der Waals surface area contributed by atoms with Gasteiger partial charge in [-0.15, -0.1) is 0 Å². The highest BCUT2D eigenvalue weighted by atomic mass is 79.9. The van der Waals surface area contributed by atoms with E-state index in [1.807, 2.05) is 0 Å². The molecule has 108 valence electrons. The fourth-order valence-electron chi connectivity index (χ4n) is 2.17. The summed E-state index contributed by atoms with van der Waals surface area (Å²) in [5, 5.41) is 4.38. The molecule has 3 rings (SSSR count). The summed E-state index contributed by atoms with van der Waals surface area (Å²) in [4.78, 5) is 4.61. The third-order valence-electron chi connectivity index (χ3n) is 3.44. The molecule has 0 spiro atoms. The van der Waals surface area contributed by atoms with E-state index in [1.54, 1.807) is 11.3 Å². The summed E-state index contributed by atoms with van der Waals surface area (Å²) in [6, 6.07) is 15.0. The molecular formula is C17H17BrN2S. The van der Waals surface area contributed by atoms with Crippen LogP contribution < -0.4 is 5.32 Å². The fraction of sp³-hybridized carbons (Fsp3) is 0.235. The molecule has 1 aromatic heterocycles. The number of halogens is 1. The van der Waals surface area contributed by atoms with E-state index < -0.39 is 0 Å². The van der Waals surface area contributed by atoms with Crippen LogP contribution in [0.4, 0.5) is 5.13 Å². The molecule has 0 aliphatic rings. The minimum atomic E-state index is 0.578. The van der Waals surface area contributed by atoms with Crippen molar-refractivity contribution in [1.29, 1.82) is 0 Å². The van der Waals surface area contributed by atoms with Crippen molar-refractivity contribution in [3.63, 3.8) is 0 Å². The molecule has 21 heavy (non-hydrogen) atoms. The Morgan fingerprint density at radius 1 is 1.14 bits per heavy atom. The van der Waals surface area contributed by atoms with E-state index in [2.05, 4.69) is 82.5 Å². The standard InChI is InChI=1S/C17H17BrN2S/c1-11(2)13-5-3-12(4-6-13)10-19-17-20-15-9-14(18)7-8-16(15)21-17/h3-9,11H,10H2,1-2H3,(H,19,20).